The Morgan fingerprint density at radius 1 is 1.04 bits per heavy atom. The number of hydrogen-bond acceptors (Lipinski definition) is 4. The van der Waals surface area contributed by atoms with Gasteiger partial charge < -0.3 is 14.9 Å². The van der Waals surface area contributed by atoms with Gasteiger partial charge in [0.25, 0.3) is 0 Å². The second-order valence-corrected chi connectivity index (χ2v) is 7.56. The van der Waals surface area contributed by atoms with Crippen molar-refractivity contribution in [3.63, 3.8) is 0 Å². The van der Waals surface area contributed by atoms with E-state index < -0.39 is 0 Å². The number of aliphatic hydroxyl groups is 2. The van der Waals surface area contributed by atoms with E-state index in [-0.39, 0.29) is 30.0 Å². The molecule has 0 aromatic heterocycles. The van der Waals surface area contributed by atoms with E-state index in [0.29, 0.717) is 13.2 Å². The number of hydrogen-bond donors (Lipinski definition) is 2. The van der Waals surface area contributed by atoms with Crippen LogP contribution in [0.15, 0.2) is 60.7 Å². The minimum atomic E-state index is -0.375. The molecule has 26 heavy (non-hydrogen) atoms. The third-order valence-electron chi connectivity index (χ3n) is 6.10. The van der Waals surface area contributed by atoms with Gasteiger partial charge in [-0.1, -0.05) is 48.5 Å². The zero-order valence-electron chi connectivity index (χ0n) is 15.0. The lowest BCUT2D eigenvalue weighted by Gasteiger charge is -2.16. The Labute approximate surface area is 155 Å². The van der Waals surface area contributed by atoms with E-state index in [1.54, 1.807) is 0 Å². The molecule has 4 nitrogen and oxygen atoms in total. The highest BCUT2D eigenvalue weighted by Gasteiger charge is 2.70. The zero-order chi connectivity index (χ0) is 18.0. The average Bonchev–Trinajstić information content (AvgIpc) is 3.23. The summed E-state index contributed by atoms with van der Waals surface area (Å²) in [6.07, 6.45) is 0.553. The Bertz CT molecular complexity index is 708. The van der Waals surface area contributed by atoms with Crippen molar-refractivity contribution in [2.45, 2.75) is 18.4 Å². The Kier molecular flexibility index (Phi) is 4.98. The van der Waals surface area contributed by atoms with Crippen molar-refractivity contribution in [1.29, 1.82) is 0 Å². The molecule has 1 aliphatic heterocycles. The third kappa shape index (κ3) is 3.13. The number of likely N-dealkylation sites (tertiary alicyclic amines) is 1. The average molecular weight is 353 g/mol. The predicted octanol–water partition coefficient (Wildman–Crippen LogP) is 2.52. The topological polar surface area (TPSA) is 52.9 Å². The minimum Gasteiger partial charge on any atom is -0.494 e. The molecular weight excluding hydrogens is 326 g/mol. The summed E-state index contributed by atoms with van der Waals surface area (Å²) >= 11 is 0. The quantitative estimate of drug-likeness (QED) is 0.751. The molecule has 4 rings (SSSR count). The SMILES string of the molecule is OC[C@@H]1[C@@H](c2ccccc2)[C@]12CN(CCCOc1ccccc1)C[C@@H]2O. The van der Waals surface area contributed by atoms with Gasteiger partial charge in [0.15, 0.2) is 0 Å². The molecule has 2 fully saturated rings. The number of para-hydroxylation sites is 1. The van der Waals surface area contributed by atoms with Crippen molar-refractivity contribution in [3.05, 3.63) is 66.2 Å². The molecule has 1 saturated carbocycles. The molecule has 2 aromatic rings. The summed E-state index contributed by atoms with van der Waals surface area (Å²) in [5.41, 5.74) is 1.05. The summed E-state index contributed by atoms with van der Waals surface area (Å²) in [5.74, 6) is 1.32. The molecule has 0 amide bonds. The molecule has 4 heteroatoms. The Morgan fingerprint density at radius 3 is 2.42 bits per heavy atom. The molecule has 2 aliphatic rings. The van der Waals surface area contributed by atoms with E-state index in [9.17, 15) is 10.2 Å². The highest BCUT2D eigenvalue weighted by molar-refractivity contribution is 5.36. The highest BCUT2D eigenvalue weighted by Crippen LogP contribution is 2.68. The lowest BCUT2D eigenvalue weighted by Crippen LogP contribution is -2.24. The van der Waals surface area contributed by atoms with Gasteiger partial charge in [-0.3, -0.25) is 4.90 Å². The van der Waals surface area contributed by atoms with Crippen LogP contribution in [0, 0.1) is 11.3 Å². The van der Waals surface area contributed by atoms with Gasteiger partial charge >= 0.3 is 0 Å². The van der Waals surface area contributed by atoms with Gasteiger partial charge in [-0.05, 0) is 36.0 Å². The largest absolute Gasteiger partial charge is 0.494 e. The summed E-state index contributed by atoms with van der Waals surface area (Å²) in [7, 11) is 0. The summed E-state index contributed by atoms with van der Waals surface area (Å²) in [4.78, 5) is 2.32. The Morgan fingerprint density at radius 2 is 1.73 bits per heavy atom. The summed E-state index contributed by atoms with van der Waals surface area (Å²) in [6, 6.07) is 20.2. The van der Waals surface area contributed by atoms with Gasteiger partial charge in [0.1, 0.15) is 5.75 Å². The first-order chi connectivity index (χ1) is 12.8. The van der Waals surface area contributed by atoms with Crippen molar-refractivity contribution in [2.75, 3.05) is 32.8 Å². The number of nitrogens with zero attached hydrogens (tertiary/aromatic N) is 1. The summed E-state index contributed by atoms with van der Waals surface area (Å²) in [6.45, 7) is 3.26. The molecule has 4 atom stereocenters. The van der Waals surface area contributed by atoms with E-state index in [0.717, 1.165) is 25.3 Å². The van der Waals surface area contributed by atoms with Gasteiger partial charge in [-0.2, -0.15) is 0 Å². The van der Waals surface area contributed by atoms with Crippen LogP contribution in [0.5, 0.6) is 5.75 Å². The van der Waals surface area contributed by atoms with Crippen molar-refractivity contribution in [1.82, 2.24) is 4.90 Å². The molecule has 0 bridgehead atoms. The van der Waals surface area contributed by atoms with Crippen molar-refractivity contribution in [2.24, 2.45) is 11.3 Å². The van der Waals surface area contributed by atoms with Crippen molar-refractivity contribution < 1.29 is 14.9 Å². The Balaban J connectivity index is 1.33. The predicted molar refractivity (Wildman–Crippen MR) is 101 cm³/mol. The van der Waals surface area contributed by atoms with Gasteiger partial charge in [-0.15, -0.1) is 0 Å². The van der Waals surface area contributed by atoms with Gasteiger partial charge in [0.2, 0.25) is 0 Å². The summed E-state index contributed by atoms with van der Waals surface area (Å²) < 4.78 is 5.76. The lowest BCUT2D eigenvalue weighted by molar-refractivity contribution is 0.111. The number of benzene rings is 2. The molecule has 138 valence electrons. The van der Waals surface area contributed by atoms with Crippen LogP contribution >= 0.6 is 0 Å². The van der Waals surface area contributed by atoms with Gasteiger partial charge in [0.05, 0.1) is 12.7 Å². The van der Waals surface area contributed by atoms with E-state index in [4.69, 9.17) is 4.74 Å². The molecule has 1 heterocycles. The van der Waals surface area contributed by atoms with Gasteiger partial charge in [0, 0.05) is 31.7 Å². The molecule has 1 saturated heterocycles. The van der Waals surface area contributed by atoms with Crippen LogP contribution in [0.25, 0.3) is 0 Å². The molecule has 1 spiro atoms. The number of β-amino-alcohol motifs (C(OH)–C–C–N with tert-alkyl or cyclic N) is 1. The fourth-order valence-electron chi connectivity index (χ4n) is 4.83. The highest BCUT2D eigenvalue weighted by atomic mass is 16.5. The van der Waals surface area contributed by atoms with Gasteiger partial charge in [-0.25, -0.2) is 0 Å². The normalized spacial score (nSPS) is 30.6. The first-order valence-corrected chi connectivity index (χ1v) is 9.50. The number of ether oxygens (including phenoxy) is 1. The van der Waals surface area contributed by atoms with Crippen molar-refractivity contribution in [3.8, 4) is 5.75 Å². The molecule has 2 aromatic carbocycles. The molecule has 1 aliphatic carbocycles. The van der Waals surface area contributed by atoms with Crippen LogP contribution in [-0.2, 0) is 0 Å². The van der Waals surface area contributed by atoms with E-state index in [1.807, 2.05) is 48.5 Å². The first kappa shape index (κ1) is 17.5. The fraction of sp³-hybridized carbons (Fsp3) is 0.455. The van der Waals surface area contributed by atoms with E-state index >= 15 is 0 Å². The van der Waals surface area contributed by atoms with Crippen LogP contribution < -0.4 is 4.74 Å². The fourth-order valence-corrected chi connectivity index (χ4v) is 4.83. The zero-order valence-corrected chi connectivity index (χ0v) is 15.0. The second-order valence-electron chi connectivity index (χ2n) is 7.56. The molecule has 0 unspecified atom stereocenters. The van der Waals surface area contributed by atoms with Crippen LogP contribution in [0.4, 0.5) is 0 Å². The van der Waals surface area contributed by atoms with Crippen LogP contribution in [0.3, 0.4) is 0 Å². The molecule has 0 radical (unpaired) electrons. The third-order valence-corrected chi connectivity index (χ3v) is 6.10. The standard InChI is InChI=1S/C22H27NO3/c24-15-19-21(17-8-3-1-4-9-17)22(19)16-23(14-20(22)25)12-7-13-26-18-10-5-2-6-11-18/h1-6,8-11,19-21,24-25H,7,12-16H2/t19-,20+,21-,22-/m1/s1. The smallest absolute Gasteiger partial charge is 0.119 e. The lowest BCUT2D eigenvalue weighted by atomic mass is 9.95. The number of rotatable bonds is 7. The Hall–Kier alpha value is -1.88. The minimum absolute atomic E-state index is 0.140. The van der Waals surface area contributed by atoms with Crippen LogP contribution in [-0.4, -0.2) is 54.1 Å². The summed E-state index contributed by atoms with van der Waals surface area (Å²) in [5, 5.41) is 20.6. The maximum absolute atomic E-state index is 10.8. The van der Waals surface area contributed by atoms with Crippen LogP contribution in [0.1, 0.15) is 17.9 Å². The van der Waals surface area contributed by atoms with Crippen molar-refractivity contribution >= 4 is 0 Å². The first-order valence-electron chi connectivity index (χ1n) is 9.50. The maximum Gasteiger partial charge on any atom is 0.119 e. The molecule has 2 N–H and O–H groups in total. The number of aliphatic hydroxyl groups excluding tert-OH is 2. The molecular formula is C22H27NO3. The maximum atomic E-state index is 10.8. The van der Waals surface area contributed by atoms with E-state index in [1.165, 1.54) is 5.56 Å². The van der Waals surface area contributed by atoms with E-state index in [2.05, 4.69) is 17.0 Å². The second kappa shape index (κ2) is 7.39. The van der Waals surface area contributed by atoms with Crippen LogP contribution in [0.2, 0.25) is 0 Å². The monoisotopic (exact) mass is 353 g/mol.